The Kier molecular flexibility index (Phi) is 7.29. The zero-order valence-electron chi connectivity index (χ0n) is 23.5. The lowest BCUT2D eigenvalue weighted by Gasteiger charge is -2.62. The minimum absolute atomic E-state index is 0.0367. The predicted molar refractivity (Wildman–Crippen MR) is 138 cm³/mol. The van der Waals surface area contributed by atoms with E-state index in [9.17, 15) is 40.2 Å². The van der Waals surface area contributed by atoms with Gasteiger partial charge in [0.2, 0.25) is 0 Å². The van der Waals surface area contributed by atoms with Crippen LogP contribution in [0.25, 0.3) is 0 Å². The SMILES string of the molecule is CC(=O)OC1[C@@H](O)[C@H](O)C[C@H]2C(=O)C=C3C(CC[C@]4(C)[C@H](C(C)(O)[C@H](O)CCC(C)(C)O)CC[C@@]34O)[C@@]12C. The van der Waals surface area contributed by atoms with Crippen LogP contribution >= 0.6 is 0 Å². The second-order valence-corrected chi connectivity index (χ2v) is 13.8. The van der Waals surface area contributed by atoms with Crippen LogP contribution in [0.3, 0.4) is 0 Å². The van der Waals surface area contributed by atoms with E-state index in [1.54, 1.807) is 20.8 Å². The lowest BCUT2D eigenvalue weighted by Crippen LogP contribution is -2.67. The monoisotopic (exact) mass is 538 g/mol. The molecule has 38 heavy (non-hydrogen) atoms. The first-order valence-electron chi connectivity index (χ1n) is 13.9. The van der Waals surface area contributed by atoms with Crippen molar-refractivity contribution in [2.45, 2.75) is 128 Å². The maximum atomic E-state index is 13.5. The van der Waals surface area contributed by atoms with Gasteiger partial charge in [-0.15, -0.1) is 0 Å². The molecule has 0 aliphatic heterocycles. The van der Waals surface area contributed by atoms with Gasteiger partial charge in [-0.3, -0.25) is 9.59 Å². The van der Waals surface area contributed by atoms with Crippen molar-refractivity contribution in [2.75, 3.05) is 0 Å². The van der Waals surface area contributed by atoms with Crippen molar-refractivity contribution in [2.24, 2.45) is 28.6 Å². The van der Waals surface area contributed by atoms with E-state index in [-0.39, 0.29) is 25.0 Å². The van der Waals surface area contributed by atoms with Gasteiger partial charge in [-0.05, 0) is 89.2 Å². The number of aliphatic hydroxyl groups is 6. The zero-order chi connectivity index (χ0) is 28.6. The fraction of sp³-hybridized carbons (Fsp3) is 0.862. The van der Waals surface area contributed by atoms with Crippen LogP contribution in [-0.2, 0) is 14.3 Å². The minimum atomic E-state index is -1.55. The molecule has 0 bridgehead atoms. The van der Waals surface area contributed by atoms with E-state index in [1.165, 1.54) is 13.0 Å². The third-order valence-corrected chi connectivity index (χ3v) is 11.0. The topological polar surface area (TPSA) is 165 Å². The average molecular weight is 539 g/mol. The van der Waals surface area contributed by atoms with E-state index in [0.29, 0.717) is 31.3 Å². The Morgan fingerprint density at radius 3 is 2.34 bits per heavy atom. The molecule has 0 spiro atoms. The number of fused-ring (bicyclic) bond motifs is 5. The number of rotatable bonds is 6. The number of carbonyl (C=O) groups is 2. The van der Waals surface area contributed by atoms with E-state index in [2.05, 4.69) is 0 Å². The molecule has 11 atom stereocenters. The van der Waals surface area contributed by atoms with Crippen LogP contribution in [0.5, 0.6) is 0 Å². The van der Waals surface area contributed by atoms with Crippen molar-refractivity contribution in [3.05, 3.63) is 11.6 Å². The van der Waals surface area contributed by atoms with Gasteiger partial charge in [0.1, 0.15) is 12.2 Å². The first-order chi connectivity index (χ1) is 17.3. The van der Waals surface area contributed by atoms with Gasteiger partial charge in [-0.2, -0.15) is 0 Å². The fourth-order valence-corrected chi connectivity index (χ4v) is 8.70. The Balaban J connectivity index is 1.72. The van der Waals surface area contributed by atoms with Crippen molar-refractivity contribution in [1.82, 2.24) is 0 Å². The van der Waals surface area contributed by atoms with E-state index < -0.39 is 75.8 Å². The molecule has 0 aromatic rings. The van der Waals surface area contributed by atoms with Gasteiger partial charge >= 0.3 is 5.97 Å². The Bertz CT molecular complexity index is 998. The van der Waals surface area contributed by atoms with Gasteiger partial charge in [-0.25, -0.2) is 0 Å². The summed E-state index contributed by atoms with van der Waals surface area (Å²) in [6.07, 6.45) is -1.12. The molecule has 0 amide bonds. The summed E-state index contributed by atoms with van der Waals surface area (Å²) in [5.74, 6) is -2.46. The Hall–Kier alpha value is -1.36. The molecule has 3 fully saturated rings. The summed E-state index contributed by atoms with van der Waals surface area (Å²) in [6, 6.07) is 0. The number of aliphatic hydroxyl groups excluding tert-OH is 3. The van der Waals surface area contributed by atoms with Crippen molar-refractivity contribution in [1.29, 1.82) is 0 Å². The number of carbonyl (C=O) groups excluding carboxylic acids is 2. The van der Waals surface area contributed by atoms with E-state index in [0.717, 1.165) is 0 Å². The van der Waals surface area contributed by atoms with Crippen LogP contribution in [0, 0.1) is 28.6 Å². The zero-order valence-corrected chi connectivity index (χ0v) is 23.5. The molecule has 4 aliphatic rings. The number of hydrogen-bond donors (Lipinski definition) is 6. The average Bonchev–Trinajstić information content (AvgIpc) is 3.08. The van der Waals surface area contributed by atoms with Crippen molar-refractivity contribution < 1.29 is 45.0 Å². The van der Waals surface area contributed by atoms with Crippen molar-refractivity contribution in [3.63, 3.8) is 0 Å². The van der Waals surface area contributed by atoms with Gasteiger partial charge in [0.15, 0.2) is 5.78 Å². The molecule has 0 saturated heterocycles. The minimum Gasteiger partial charge on any atom is -0.459 e. The highest BCUT2D eigenvalue weighted by molar-refractivity contribution is 5.95. The van der Waals surface area contributed by atoms with Gasteiger partial charge in [-0.1, -0.05) is 13.8 Å². The molecule has 4 rings (SSSR count). The number of allylic oxidation sites excluding steroid dienone is 1. The van der Waals surface area contributed by atoms with Crippen LogP contribution in [0.1, 0.15) is 86.5 Å². The quantitative estimate of drug-likeness (QED) is 0.274. The summed E-state index contributed by atoms with van der Waals surface area (Å²) in [4.78, 5) is 25.6. The lowest BCUT2D eigenvalue weighted by atomic mass is 9.45. The van der Waals surface area contributed by atoms with E-state index in [4.69, 9.17) is 4.74 Å². The molecule has 6 N–H and O–H groups in total. The van der Waals surface area contributed by atoms with Crippen LogP contribution in [0.15, 0.2) is 11.6 Å². The van der Waals surface area contributed by atoms with Crippen LogP contribution in [-0.4, -0.2) is 83.6 Å². The molecule has 3 saturated carbocycles. The van der Waals surface area contributed by atoms with Gasteiger partial charge < -0.3 is 35.4 Å². The highest BCUT2D eigenvalue weighted by atomic mass is 16.6. The predicted octanol–water partition coefficient (Wildman–Crippen LogP) is 1.40. The number of ether oxygens (including phenoxy) is 1. The van der Waals surface area contributed by atoms with Gasteiger partial charge in [0.25, 0.3) is 0 Å². The van der Waals surface area contributed by atoms with Crippen LogP contribution < -0.4 is 0 Å². The van der Waals surface area contributed by atoms with E-state index >= 15 is 0 Å². The number of ketones is 1. The molecular weight excluding hydrogens is 492 g/mol. The molecule has 0 aromatic carbocycles. The smallest absolute Gasteiger partial charge is 0.303 e. The molecule has 0 radical (unpaired) electrons. The molecule has 0 heterocycles. The van der Waals surface area contributed by atoms with Crippen molar-refractivity contribution in [3.8, 4) is 0 Å². The summed E-state index contributed by atoms with van der Waals surface area (Å²) in [5, 5.41) is 66.6. The second kappa shape index (κ2) is 9.35. The van der Waals surface area contributed by atoms with Crippen LogP contribution in [0.2, 0.25) is 0 Å². The largest absolute Gasteiger partial charge is 0.459 e. The molecular formula is C29H46O9. The maximum absolute atomic E-state index is 13.5. The second-order valence-electron chi connectivity index (χ2n) is 13.8. The first-order valence-corrected chi connectivity index (χ1v) is 13.9. The Morgan fingerprint density at radius 1 is 1.13 bits per heavy atom. The maximum Gasteiger partial charge on any atom is 0.303 e. The number of esters is 1. The lowest BCUT2D eigenvalue weighted by molar-refractivity contribution is -0.218. The third kappa shape index (κ3) is 4.29. The molecule has 9 heteroatoms. The normalized spacial score (nSPS) is 45.3. The summed E-state index contributed by atoms with van der Waals surface area (Å²) < 4.78 is 5.57. The summed E-state index contributed by atoms with van der Waals surface area (Å²) in [6.45, 7) is 9.83. The summed E-state index contributed by atoms with van der Waals surface area (Å²) in [7, 11) is 0. The molecule has 3 unspecified atom stereocenters. The highest BCUT2D eigenvalue weighted by Crippen LogP contribution is 2.68. The third-order valence-electron chi connectivity index (χ3n) is 11.0. The Morgan fingerprint density at radius 2 is 1.76 bits per heavy atom. The molecule has 216 valence electrons. The van der Waals surface area contributed by atoms with E-state index in [1.807, 2.05) is 13.8 Å². The number of hydrogen-bond acceptors (Lipinski definition) is 9. The summed E-state index contributed by atoms with van der Waals surface area (Å²) in [5.41, 5.74) is -5.36. The molecule has 0 aromatic heterocycles. The summed E-state index contributed by atoms with van der Waals surface area (Å²) >= 11 is 0. The Labute approximate surface area is 224 Å². The highest BCUT2D eigenvalue weighted by Gasteiger charge is 2.71. The molecule has 4 aliphatic carbocycles. The fourth-order valence-electron chi connectivity index (χ4n) is 8.70. The van der Waals surface area contributed by atoms with Gasteiger partial charge in [0.05, 0.1) is 29.0 Å². The van der Waals surface area contributed by atoms with Crippen LogP contribution in [0.4, 0.5) is 0 Å². The van der Waals surface area contributed by atoms with Gasteiger partial charge in [0, 0.05) is 23.7 Å². The standard InChI is InChI=1S/C29H46O9/c1-15(30)38-24-23(34)20(32)14-18-19(31)13-17-16(27(18,24)5)7-11-26(4)21(8-12-29(17,26)37)28(6,36)22(33)9-10-25(2,3)35/h13,16,18,20-24,32-37H,7-12,14H2,1-6H3/t16?,18-,20+,21+,22+,23-,24?,26+,27+,28?,29+/m0/s1. The molecule has 9 nitrogen and oxygen atoms in total. The first kappa shape index (κ1) is 29.6. The van der Waals surface area contributed by atoms with Crippen molar-refractivity contribution >= 4 is 11.8 Å².